The van der Waals surface area contributed by atoms with Crippen LogP contribution in [-0.2, 0) is 23.2 Å². The maximum absolute atomic E-state index is 8.33. The minimum atomic E-state index is 0.333. The van der Waals surface area contributed by atoms with Crippen LogP contribution in [0.5, 0.6) is 0 Å². The standard InChI is InChI=1S/2C10H15.O.W/c2*1-6-7(2)9(4)10(5)8(6)3;;/h2*1-5H3;;. The fourth-order valence-corrected chi connectivity index (χ4v) is 2.81. The Bertz CT molecular complexity index is 199. The van der Waals surface area contributed by atoms with Crippen LogP contribution in [0.4, 0.5) is 0 Å². The van der Waals surface area contributed by atoms with E-state index in [0.717, 1.165) is 0 Å². The quantitative estimate of drug-likeness (QED) is 0.436. The second kappa shape index (κ2) is 9.70. The van der Waals surface area contributed by atoms with E-state index >= 15 is 0 Å². The summed E-state index contributed by atoms with van der Waals surface area (Å²) in [6.07, 6.45) is 0. The van der Waals surface area contributed by atoms with Crippen LogP contribution in [0.15, 0.2) is 0 Å². The van der Waals surface area contributed by atoms with Gasteiger partial charge in [0.1, 0.15) is 0 Å². The Hall–Kier alpha value is 0.488. The predicted octanol–water partition coefficient (Wildman–Crippen LogP) is 5.82. The molecule has 0 aromatic rings. The first kappa shape index (κ1) is 22.5. The van der Waals surface area contributed by atoms with Crippen molar-refractivity contribution in [3.8, 4) is 0 Å². The van der Waals surface area contributed by atoms with Crippen LogP contribution in [-0.4, -0.2) is 0 Å². The Balaban J connectivity index is 0.000000360. The van der Waals surface area contributed by atoms with Crippen molar-refractivity contribution in [3.63, 3.8) is 0 Å². The Morgan fingerprint density at radius 2 is 0.364 bits per heavy atom. The van der Waals surface area contributed by atoms with E-state index in [1.807, 2.05) is 0 Å². The summed E-state index contributed by atoms with van der Waals surface area (Å²) >= 11 is 0.333. The van der Waals surface area contributed by atoms with E-state index in [9.17, 15) is 0 Å². The van der Waals surface area contributed by atoms with Crippen molar-refractivity contribution in [1.82, 2.24) is 0 Å². The van der Waals surface area contributed by atoms with Crippen molar-refractivity contribution >= 4 is 0 Å². The van der Waals surface area contributed by atoms with Crippen LogP contribution in [0.3, 0.4) is 0 Å². The topological polar surface area (TPSA) is 17.1 Å². The third-order valence-electron chi connectivity index (χ3n) is 5.62. The van der Waals surface area contributed by atoms with Crippen LogP contribution in [0.1, 0.15) is 69.2 Å². The fraction of sp³-hybridized carbons (Fsp3) is 0.500. The first-order valence-corrected chi connectivity index (χ1v) is 8.86. The van der Waals surface area contributed by atoms with Crippen molar-refractivity contribution in [1.29, 1.82) is 0 Å². The maximum atomic E-state index is 8.33. The summed E-state index contributed by atoms with van der Waals surface area (Å²) in [5.74, 6) is 14.7. The summed E-state index contributed by atoms with van der Waals surface area (Å²) in [6, 6.07) is 0. The van der Waals surface area contributed by atoms with Gasteiger partial charge in [-0.2, -0.15) is 0 Å². The summed E-state index contributed by atoms with van der Waals surface area (Å²) in [7, 11) is 0. The summed E-state index contributed by atoms with van der Waals surface area (Å²) < 4.78 is 8.33. The molecule has 0 atom stereocenters. The van der Waals surface area contributed by atoms with E-state index in [4.69, 9.17) is 3.40 Å². The molecule has 0 unspecified atom stereocenters. The van der Waals surface area contributed by atoms with Gasteiger partial charge in [-0.15, -0.1) is 0 Å². The SMILES string of the molecule is C[C]1[C](C)[C](C)[C](C)[C]1C.C[C]1[C](C)[C](C)[C](C)[C]1C.[O]=[W]. The molecule has 0 N–H and O–H groups in total. The molecule has 0 bridgehead atoms. The Labute approximate surface area is 151 Å². The first-order valence-electron chi connectivity index (χ1n) is 7.67. The first-order chi connectivity index (χ1) is 10.1. The number of hydrogen-bond donors (Lipinski definition) is 0. The molecule has 2 saturated carbocycles. The third-order valence-corrected chi connectivity index (χ3v) is 5.62. The molecule has 1 nitrogen and oxygen atoms in total. The number of hydrogen-bond acceptors (Lipinski definition) is 1. The molecule has 0 spiro atoms. The van der Waals surface area contributed by atoms with Gasteiger partial charge in [0.25, 0.3) is 0 Å². The van der Waals surface area contributed by atoms with Crippen LogP contribution in [0.2, 0.25) is 0 Å². The second-order valence-electron chi connectivity index (χ2n) is 6.25. The van der Waals surface area contributed by atoms with Gasteiger partial charge in [-0.05, 0) is 59.2 Å². The van der Waals surface area contributed by atoms with Gasteiger partial charge in [0.2, 0.25) is 0 Å². The van der Waals surface area contributed by atoms with Crippen LogP contribution in [0.25, 0.3) is 0 Å². The molecule has 22 heavy (non-hydrogen) atoms. The molecule has 2 rings (SSSR count). The number of rotatable bonds is 0. The zero-order valence-corrected chi connectivity index (χ0v) is 18.7. The second-order valence-corrected chi connectivity index (χ2v) is 6.25. The molecule has 122 valence electrons. The van der Waals surface area contributed by atoms with Gasteiger partial charge < -0.3 is 0 Å². The van der Waals surface area contributed by atoms with Gasteiger partial charge in [0, 0.05) is 0 Å². The van der Waals surface area contributed by atoms with Crippen molar-refractivity contribution in [2.24, 2.45) is 0 Å². The van der Waals surface area contributed by atoms with Crippen LogP contribution in [0, 0.1) is 59.2 Å². The molecular formula is C20H30OW. The van der Waals surface area contributed by atoms with Crippen molar-refractivity contribution in [2.45, 2.75) is 69.2 Å². The molecule has 0 aliphatic heterocycles. The van der Waals surface area contributed by atoms with E-state index in [1.165, 1.54) is 59.2 Å². The van der Waals surface area contributed by atoms with Crippen molar-refractivity contribution in [3.05, 3.63) is 59.2 Å². The molecule has 2 aliphatic carbocycles. The molecule has 0 heterocycles. The van der Waals surface area contributed by atoms with Gasteiger partial charge in [0.05, 0.1) is 0 Å². The molecular weight excluding hydrogens is 440 g/mol. The molecule has 2 fully saturated rings. The van der Waals surface area contributed by atoms with Crippen molar-refractivity contribution < 1.29 is 23.2 Å². The van der Waals surface area contributed by atoms with Gasteiger partial charge in [0.15, 0.2) is 0 Å². The van der Waals surface area contributed by atoms with Crippen LogP contribution >= 0.6 is 0 Å². The molecule has 0 saturated heterocycles. The zero-order chi connectivity index (χ0) is 17.8. The van der Waals surface area contributed by atoms with Gasteiger partial charge >= 0.3 is 23.2 Å². The fourth-order valence-electron chi connectivity index (χ4n) is 2.81. The van der Waals surface area contributed by atoms with Gasteiger partial charge in [-0.3, -0.25) is 0 Å². The zero-order valence-electron chi connectivity index (χ0n) is 15.8. The normalized spacial score (nSPS) is 26.1. The van der Waals surface area contributed by atoms with Gasteiger partial charge in [-0.1, -0.05) is 69.2 Å². The van der Waals surface area contributed by atoms with Crippen LogP contribution < -0.4 is 0 Å². The summed E-state index contributed by atoms with van der Waals surface area (Å²) in [4.78, 5) is 0. The molecule has 0 amide bonds. The van der Waals surface area contributed by atoms with E-state index in [2.05, 4.69) is 69.2 Å². The monoisotopic (exact) mass is 470 g/mol. The average molecular weight is 470 g/mol. The summed E-state index contributed by atoms with van der Waals surface area (Å²) in [5.41, 5.74) is 0. The molecule has 2 aliphatic rings. The Kier molecular flexibility index (Phi) is 9.92. The molecule has 0 aromatic carbocycles. The Morgan fingerprint density at radius 1 is 0.318 bits per heavy atom. The average Bonchev–Trinajstić information content (AvgIpc) is 2.81. The molecule has 10 radical (unpaired) electrons. The molecule has 0 aromatic heterocycles. The van der Waals surface area contributed by atoms with Crippen molar-refractivity contribution in [2.75, 3.05) is 0 Å². The van der Waals surface area contributed by atoms with E-state index in [0.29, 0.717) is 19.8 Å². The molecule has 2 heteroatoms. The van der Waals surface area contributed by atoms with E-state index in [-0.39, 0.29) is 0 Å². The van der Waals surface area contributed by atoms with Gasteiger partial charge in [-0.25, -0.2) is 0 Å². The minimum absolute atomic E-state index is 0.333. The van der Waals surface area contributed by atoms with E-state index < -0.39 is 0 Å². The third kappa shape index (κ3) is 4.75. The predicted molar refractivity (Wildman–Crippen MR) is 89.9 cm³/mol. The summed E-state index contributed by atoms with van der Waals surface area (Å²) in [5, 5.41) is 0. The Morgan fingerprint density at radius 3 is 0.409 bits per heavy atom. The summed E-state index contributed by atoms with van der Waals surface area (Å²) in [6.45, 7) is 22.0. The van der Waals surface area contributed by atoms with E-state index in [1.54, 1.807) is 0 Å².